The van der Waals surface area contributed by atoms with Crippen LogP contribution in [0.2, 0.25) is 10.0 Å². The number of nitrogens with one attached hydrogen (secondary N) is 1. The number of nitro groups is 1. The van der Waals surface area contributed by atoms with E-state index < -0.39 is 23.4 Å². The second-order valence-corrected chi connectivity index (χ2v) is 5.62. The number of hydrogen-bond donors (Lipinski definition) is 2. The Hall–Kier alpha value is -2.84. The molecule has 0 aromatic heterocycles. The molecule has 2 rings (SSSR count). The zero-order valence-electron chi connectivity index (χ0n) is 12.5. The maximum atomic E-state index is 11.9. The molecule has 0 saturated heterocycles. The standard InChI is InChI=1S/C15H11Cl2N3O5/c16-8-1-3-10(12(18)5-8)15(22)25-7-14(21)19-13-4-2-9(20(23)24)6-11(13)17/h1-6H,7,18H2,(H,19,21). The van der Waals surface area contributed by atoms with Gasteiger partial charge in [-0.1, -0.05) is 23.2 Å². The first kappa shape index (κ1) is 18.5. The summed E-state index contributed by atoms with van der Waals surface area (Å²) in [4.78, 5) is 33.7. The van der Waals surface area contributed by atoms with Gasteiger partial charge in [0.1, 0.15) is 0 Å². The molecule has 0 aliphatic carbocycles. The van der Waals surface area contributed by atoms with Crippen molar-refractivity contribution in [3.63, 3.8) is 0 Å². The lowest BCUT2D eigenvalue weighted by atomic mass is 10.2. The van der Waals surface area contributed by atoms with Gasteiger partial charge in [0.2, 0.25) is 0 Å². The Bertz CT molecular complexity index is 857. The fraction of sp³-hybridized carbons (Fsp3) is 0.0667. The number of carbonyl (C=O) groups excluding carboxylic acids is 2. The van der Waals surface area contributed by atoms with Gasteiger partial charge in [0.15, 0.2) is 6.61 Å². The summed E-state index contributed by atoms with van der Waals surface area (Å²) in [5.41, 5.74) is 5.79. The topological polar surface area (TPSA) is 125 Å². The first-order chi connectivity index (χ1) is 11.8. The maximum Gasteiger partial charge on any atom is 0.340 e. The third kappa shape index (κ3) is 4.82. The summed E-state index contributed by atoms with van der Waals surface area (Å²) < 4.78 is 4.86. The number of nitro benzene ring substituents is 1. The second-order valence-electron chi connectivity index (χ2n) is 4.78. The summed E-state index contributed by atoms with van der Waals surface area (Å²) >= 11 is 11.6. The SMILES string of the molecule is Nc1cc(Cl)ccc1C(=O)OCC(=O)Nc1ccc([N+](=O)[O-])cc1Cl. The van der Waals surface area contributed by atoms with E-state index in [2.05, 4.69) is 5.32 Å². The highest BCUT2D eigenvalue weighted by molar-refractivity contribution is 6.34. The number of benzene rings is 2. The predicted octanol–water partition coefficient (Wildman–Crippen LogP) is 3.28. The van der Waals surface area contributed by atoms with Crippen molar-refractivity contribution in [2.45, 2.75) is 0 Å². The Morgan fingerprint density at radius 3 is 2.52 bits per heavy atom. The molecule has 10 heteroatoms. The molecule has 1 amide bonds. The number of rotatable bonds is 5. The number of nitrogens with two attached hydrogens (primary N) is 1. The summed E-state index contributed by atoms with van der Waals surface area (Å²) in [6, 6.07) is 7.78. The smallest absolute Gasteiger partial charge is 0.340 e. The number of non-ortho nitro benzene ring substituents is 1. The number of halogens is 2. The molecule has 0 aliphatic heterocycles. The van der Waals surface area contributed by atoms with Gasteiger partial charge in [0, 0.05) is 22.8 Å². The van der Waals surface area contributed by atoms with E-state index >= 15 is 0 Å². The van der Waals surface area contributed by atoms with Crippen molar-refractivity contribution in [2.24, 2.45) is 0 Å². The number of hydrogen-bond acceptors (Lipinski definition) is 6. The average molecular weight is 384 g/mol. The van der Waals surface area contributed by atoms with E-state index in [0.717, 1.165) is 6.07 Å². The molecule has 2 aromatic carbocycles. The normalized spacial score (nSPS) is 10.2. The molecule has 0 bridgehead atoms. The zero-order valence-corrected chi connectivity index (χ0v) is 14.0. The van der Waals surface area contributed by atoms with E-state index in [1.54, 1.807) is 0 Å². The Labute approximate surface area is 151 Å². The van der Waals surface area contributed by atoms with Gasteiger partial charge in [-0.3, -0.25) is 14.9 Å². The van der Waals surface area contributed by atoms with Crippen molar-refractivity contribution in [3.8, 4) is 0 Å². The van der Waals surface area contributed by atoms with Crippen LogP contribution in [0, 0.1) is 10.1 Å². The molecule has 2 aromatic rings. The number of anilines is 2. The molecule has 0 aliphatic rings. The number of carbonyl (C=O) groups is 2. The van der Waals surface area contributed by atoms with Crippen molar-refractivity contribution in [1.29, 1.82) is 0 Å². The van der Waals surface area contributed by atoms with Crippen LogP contribution in [-0.4, -0.2) is 23.4 Å². The van der Waals surface area contributed by atoms with Crippen LogP contribution >= 0.6 is 23.2 Å². The van der Waals surface area contributed by atoms with Crippen molar-refractivity contribution >= 4 is 52.1 Å². The molecule has 0 atom stereocenters. The van der Waals surface area contributed by atoms with Gasteiger partial charge in [-0.05, 0) is 24.3 Å². The van der Waals surface area contributed by atoms with Gasteiger partial charge in [-0.2, -0.15) is 0 Å². The van der Waals surface area contributed by atoms with Gasteiger partial charge in [0.25, 0.3) is 11.6 Å². The Balaban J connectivity index is 1.96. The number of nitrogens with zero attached hydrogens (tertiary/aromatic N) is 1. The van der Waals surface area contributed by atoms with Gasteiger partial charge in [-0.25, -0.2) is 4.79 Å². The van der Waals surface area contributed by atoms with Crippen molar-refractivity contribution in [1.82, 2.24) is 0 Å². The molecule has 0 radical (unpaired) electrons. The van der Waals surface area contributed by atoms with Gasteiger partial charge >= 0.3 is 5.97 Å². The number of amides is 1. The number of ether oxygens (including phenoxy) is 1. The molecule has 25 heavy (non-hydrogen) atoms. The van der Waals surface area contributed by atoms with E-state index in [0.29, 0.717) is 5.02 Å². The van der Waals surface area contributed by atoms with Gasteiger partial charge < -0.3 is 15.8 Å². The van der Waals surface area contributed by atoms with E-state index in [9.17, 15) is 19.7 Å². The van der Waals surface area contributed by atoms with Crippen LogP contribution in [0.3, 0.4) is 0 Å². The molecule has 3 N–H and O–H groups in total. The fourth-order valence-corrected chi connectivity index (χ4v) is 2.24. The van der Waals surface area contributed by atoms with Crippen LogP contribution in [-0.2, 0) is 9.53 Å². The average Bonchev–Trinajstić information content (AvgIpc) is 2.54. The Morgan fingerprint density at radius 2 is 1.92 bits per heavy atom. The number of nitrogen functional groups attached to an aromatic ring is 1. The molecular weight excluding hydrogens is 373 g/mol. The second kappa shape index (κ2) is 7.82. The molecule has 8 nitrogen and oxygen atoms in total. The van der Waals surface area contributed by atoms with Crippen LogP contribution in [0.1, 0.15) is 10.4 Å². The summed E-state index contributed by atoms with van der Waals surface area (Å²) in [5, 5.41) is 13.4. The van der Waals surface area contributed by atoms with Crippen molar-refractivity contribution in [2.75, 3.05) is 17.7 Å². The summed E-state index contributed by atoms with van der Waals surface area (Å²) in [6.07, 6.45) is 0. The quantitative estimate of drug-likeness (QED) is 0.353. The molecular formula is C15H11Cl2N3O5. The highest BCUT2D eigenvalue weighted by Gasteiger charge is 2.15. The minimum absolute atomic E-state index is 0.0178. The molecule has 130 valence electrons. The summed E-state index contributed by atoms with van der Waals surface area (Å²) in [7, 11) is 0. The van der Waals surface area contributed by atoms with Gasteiger partial charge in [0.05, 0.1) is 21.2 Å². The van der Waals surface area contributed by atoms with Crippen LogP contribution in [0.4, 0.5) is 17.1 Å². The third-order valence-electron chi connectivity index (χ3n) is 3.01. The highest BCUT2D eigenvalue weighted by atomic mass is 35.5. The minimum Gasteiger partial charge on any atom is -0.452 e. The van der Waals surface area contributed by atoms with E-state index in [4.69, 9.17) is 33.7 Å². The molecule has 0 heterocycles. The molecule has 0 saturated carbocycles. The Morgan fingerprint density at radius 1 is 1.20 bits per heavy atom. The zero-order chi connectivity index (χ0) is 18.6. The van der Waals surface area contributed by atoms with Crippen LogP contribution < -0.4 is 11.1 Å². The van der Waals surface area contributed by atoms with Crippen LogP contribution in [0.5, 0.6) is 0 Å². The van der Waals surface area contributed by atoms with Crippen molar-refractivity contribution in [3.05, 3.63) is 62.1 Å². The van der Waals surface area contributed by atoms with Crippen molar-refractivity contribution < 1.29 is 19.2 Å². The van der Waals surface area contributed by atoms with Crippen LogP contribution in [0.15, 0.2) is 36.4 Å². The molecule has 0 unspecified atom stereocenters. The third-order valence-corrected chi connectivity index (χ3v) is 3.55. The maximum absolute atomic E-state index is 11.9. The lowest BCUT2D eigenvalue weighted by molar-refractivity contribution is -0.384. The van der Waals surface area contributed by atoms with Gasteiger partial charge in [-0.15, -0.1) is 0 Å². The first-order valence-corrected chi connectivity index (χ1v) is 7.49. The predicted molar refractivity (Wildman–Crippen MR) is 92.9 cm³/mol. The molecule has 0 fully saturated rings. The number of esters is 1. The highest BCUT2D eigenvalue weighted by Crippen LogP contribution is 2.26. The lowest BCUT2D eigenvalue weighted by Gasteiger charge is -2.09. The van der Waals surface area contributed by atoms with Crippen LogP contribution in [0.25, 0.3) is 0 Å². The fourth-order valence-electron chi connectivity index (χ4n) is 1.83. The minimum atomic E-state index is -0.792. The Kier molecular flexibility index (Phi) is 5.79. The monoisotopic (exact) mass is 383 g/mol. The summed E-state index contributed by atoms with van der Waals surface area (Å²) in [6.45, 7) is -0.589. The van der Waals surface area contributed by atoms with E-state index in [-0.39, 0.29) is 27.6 Å². The lowest BCUT2D eigenvalue weighted by Crippen LogP contribution is -2.21. The molecule has 0 spiro atoms. The largest absolute Gasteiger partial charge is 0.452 e. The van der Waals surface area contributed by atoms with E-state index in [1.807, 2.05) is 0 Å². The van der Waals surface area contributed by atoms with E-state index in [1.165, 1.54) is 30.3 Å². The first-order valence-electron chi connectivity index (χ1n) is 6.74. The summed E-state index contributed by atoms with van der Waals surface area (Å²) in [5.74, 6) is -1.46.